The van der Waals surface area contributed by atoms with Crippen molar-refractivity contribution in [2.75, 3.05) is 7.11 Å². The number of methoxy groups -OCH3 is 1. The highest BCUT2D eigenvalue weighted by atomic mass is 28.3. The molecule has 2 aromatic carbocycles. The summed E-state index contributed by atoms with van der Waals surface area (Å²) in [6, 6.07) is 18.3. The van der Waals surface area contributed by atoms with Gasteiger partial charge < -0.3 is 10.1 Å². The Labute approximate surface area is 193 Å². The first kappa shape index (κ1) is 25.4. The Kier molecular flexibility index (Phi) is 8.09. The van der Waals surface area contributed by atoms with Crippen LogP contribution in [-0.2, 0) is 19.7 Å². The van der Waals surface area contributed by atoms with Gasteiger partial charge in [0.15, 0.2) is 0 Å². The molecule has 0 aliphatic rings. The number of hydrogen-bond donors (Lipinski definition) is 1. The Morgan fingerprint density at radius 3 is 1.81 bits per heavy atom. The summed E-state index contributed by atoms with van der Waals surface area (Å²) in [5, 5.41) is 3.04. The van der Waals surface area contributed by atoms with E-state index in [-0.39, 0.29) is 17.4 Å². The molecule has 0 heterocycles. The second kappa shape index (κ2) is 10.2. The molecule has 1 N–H and O–H groups in total. The first-order valence-corrected chi connectivity index (χ1v) is 13.9. The molecule has 0 saturated carbocycles. The molecular weight excluding hydrogens is 414 g/mol. The molecule has 0 aromatic heterocycles. The van der Waals surface area contributed by atoms with Gasteiger partial charge >= 0.3 is 5.97 Å². The first-order chi connectivity index (χ1) is 14.9. The predicted octanol–water partition coefficient (Wildman–Crippen LogP) is 5.09. The molecule has 0 spiro atoms. The van der Waals surface area contributed by atoms with E-state index in [0.717, 1.165) is 11.1 Å². The van der Waals surface area contributed by atoms with Crippen molar-refractivity contribution in [3.8, 4) is 11.5 Å². The fourth-order valence-corrected chi connectivity index (χ4v) is 4.09. The van der Waals surface area contributed by atoms with Gasteiger partial charge in [0.25, 0.3) is 0 Å². The van der Waals surface area contributed by atoms with Gasteiger partial charge in [-0.2, -0.15) is 0 Å². The van der Waals surface area contributed by atoms with Crippen LogP contribution in [0.4, 0.5) is 0 Å². The van der Waals surface area contributed by atoms with Crippen molar-refractivity contribution in [1.82, 2.24) is 5.32 Å². The highest BCUT2D eigenvalue weighted by Crippen LogP contribution is 2.35. The molecule has 5 heteroatoms. The van der Waals surface area contributed by atoms with Crippen LogP contribution in [0.1, 0.15) is 45.2 Å². The van der Waals surface area contributed by atoms with Gasteiger partial charge in [-0.05, 0) is 23.1 Å². The van der Waals surface area contributed by atoms with Gasteiger partial charge in [-0.1, -0.05) is 94.5 Å². The number of carbonyl (C=O) groups is 2. The van der Waals surface area contributed by atoms with E-state index in [9.17, 15) is 9.59 Å². The molecule has 0 radical (unpaired) electrons. The predicted molar refractivity (Wildman–Crippen MR) is 133 cm³/mol. The Bertz CT molecular complexity index is 943. The van der Waals surface area contributed by atoms with Gasteiger partial charge in [0.2, 0.25) is 5.91 Å². The third-order valence-electron chi connectivity index (χ3n) is 6.53. The lowest BCUT2D eigenvalue weighted by Crippen LogP contribution is -2.50. The minimum absolute atomic E-state index is 0.114. The van der Waals surface area contributed by atoms with Crippen molar-refractivity contribution in [3.63, 3.8) is 0 Å². The maximum atomic E-state index is 13.7. The molecule has 0 bridgehead atoms. The zero-order valence-corrected chi connectivity index (χ0v) is 21.3. The highest BCUT2D eigenvalue weighted by Gasteiger charge is 2.39. The summed E-state index contributed by atoms with van der Waals surface area (Å²) in [6.45, 7) is 12.9. The van der Waals surface area contributed by atoms with Gasteiger partial charge in [-0.25, -0.2) is 4.79 Å². The van der Waals surface area contributed by atoms with Crippen molar-refractivity contribution in [3.05, 3.63) is 71.8 Å². The number of benzene rings is 2. The maximum Gasteiger partial charge on any atom is 0.329 e. The fraction of sp³-hybridized carbons (Fsp3) is 0.407. The molecule has 2 rings (SSSR count). The molecular formula is C27H35NO3Si. The molecule has 1 amide bonds. The topological polar surface area (TPSA) is 55.4 Å². The Balaban J connectivity index is 2.38. The van der Waals surface area contributed by atoms with Crippen molar-refractivity contribution in [2.24, 2.45) is 0 Å². The highest BCUT2D eigenvalue weighted by molar-refractivity contribution is 6.87. The van der Waals surface area contributed by atoms with Crippen molar-refractivity contribution in [2.45, 2.75) is 63.7 Å². The monoisotopic (exact) mass is 449 g/mol. The molecule has 0 aliphatic carbocycles. The number of esters is 1. The van der Waals surface area contributed by atoms with E-state index in [0.29, 0.717) is 0 Å². The zero-order valence-electron chi connectivity index (χ0n) is 20.3. The summed E-state index contributed by atoms with van der Waals surface area (Å²) in [4.78, 5) is 26.2. The lowest BCUT2D eigenvalue weighted by molar-refractivity contribution is -0.145. The summed E-state index contributed by atoms with van der Waals surface area (Å²) < 4.78 is 4.98. The quantitative estimate of drug-likeness (QED) is 0.380. The molecule has 1 atom stereocenters. The summed E-state index contributed by atoms with van der Waals surface area (Å²) in [5.41, 5.74) is 4.14. The second-order valence-corrected chi connectivity index (χ2v) is 14.8. The summed E-state index contributed by atoms with van der Waals surface area (Å²) in [5.74, 6) is 2.42. The minimum Gasteiger partial charge on any atom is -0.467 e. The Morgan fingerprint density at radius 2 is 1.41 bits per heavy atom. The zero-order chi connectivity index (χ0) is 24.0. The van der Waals surface area contributed by atoms with Crippen LogP contribution in [0, 0.1) is 11.5 Å². The molecule has 0 saturated heterocycles. The van der Waals surface area contributed by atoms with Crippen LogP contribution < -0.4 is 5.32 Å². The van der Waals surface area contributed by atoms with E-state index in [1.165, 1.54) is 7.11 Å². The molecule has 0 unspecified atom stereocenters. The summed E-state index contributed by atoms with van der Waals surface area (Å²) in [6.07, 6.45) is 0.213. The van der Waals surface area contributed by atoms with E-state index in [1.807, 2.05) is 67.6 Å². The average molecular weight is 450 g/mol. The fourth-order valence-electron chi connectivity index (χ4n) is 3.17. The van der Waals surface area contributed by atoms with E-state index in [4.69, 9.17) is 4.74 Å². The largest absolute Gasteiger partial charge is 0.467 e. The van der Waals surface area contributed by atoms with Crippen molar-refractivity contribution < 1.29 is 14.3 Å². The van der Waals surface area contributed by atoms with Crippen LogP contribution in [0.15, 0.2) is 60.7 Å². The van der Waals surface area contributed by atoms with Crippen LogP contribution in [-0.4, -0.2) is 33.1 Å². The van der Waals surface area contributed by atoms with Crippen LogP contribution in [0.3, 0.4) is 0 Å². The summed E-state index contributed by atoms with van der Waals surface area (Å²) in [7, 11) is -0.495. The second-order valence-electron chi connectivity index (χ2n) is 9.79. The number of carbonyl (C=O) groups excluding carboxylic acids is 2. The standard InChI is InChI=1S/C27H35NO3Si/c1-26(2,3)32(6,7)20-14-19-23(24(29)31-5)28-25(30)27(4,21-15-10-8-11-16-21)22-17-12-9-13-18-22/h8-13,15-18,23H,19H2,1-7H3,(H,28,30)/t23-/m0/s1. The molecule has 0 aliphatic heterocycles. The Morgan fingerprint density at radius 1 is 0.938 bits per heavy atom. The van der Waals surface area contributed by atoms with Crippen LogP contribution in [0.5, 0.6) is 0 Å². The molecule has 2 aromatic rings. The normalized spacial score (nSPS) is 12.8. The van der Waals surface area contributed by atoms with E-state index < -0.39 is 25.5 Å². The SMILES string of the molecule is COC(=O)[C@H](CC#C[Si](C)(C)C(C)(C)C)NC(=O)C(C)(c1ccccc1)c1ccccc1. The third-order valence-corrected chi connectivity index (χ3v) is 11.1. The molecule has 170 valence electrons. The van der Waals surface area contributed by atoms with Crippen LogP contribution in [0.25, 0.3) is 0 Å². The Hall–Kier alpha value is -2.84. The van der Waals surface area contributed by atoms with Gasteiger partial charge in [0, 0.05) is 6.42 Å². The number of amides is 1. The van der Waals surface area contributed by atoms with E-state index in [2.05, 4.69) is 50.6 Å². The van der Waals surface area contributed by atoms with Gasteiger partial charge in [-0.3, -0.25) is 4.79 Å². The van der Waals surface area contributed by atoms with Gasteiger partial charge in [-0.15, -0.1) is 11.5 Å². The van der Waals surface area contributed by atoms with Crippen LogP contribution >= 0.6 is 0 Å². The van der Waals surface area contributed by atoms with Gasteiger partial charge in [0.05, 0.1) is 12.5 Å². The number of rotatable bonds is 6. The number of ether oxygens (including phenoxy) is 1. The number of nitrogens with one attached hydrogen (secondary N) is 1. The van der Waals surface area contributed by atoms with Crippen molar-refractivity contribution >= 4 is 20.0 Å². The first-order valence-electron chi connectivity index (χ1n) is 10.9. The van der Waals surface area contributed by atoms with E-state index >= 15 is 0 Å². The van der Waals surface area contributed by atoms with Crippen molar-refractivity contribution in [1.29, 1.82) is 0 Å². The van der Waals surface area contributed by atoms with Crippen LogP contribution in [0.2, 0.25) is 18.1 Å². The summed E-state index contributed by atoms with van der Waals surface area (Å²) >= 11 is 0. The van der Waals surface area contributed by atoms with E-state index in [1.54, 1.807) is 0 Å². The smallest absolute Gasteiger partial charge is 0.329 e. The van der Waals surface area contributed by atoms with Gasteiger partial charge in [0.1, 0.15) is 14.1 Å². The lowest BCUT2D eigenvalue weighted by atomic mass is 9.75. The molecule has 32 heavy (non-hydrogen) atoms. The maximum absolute atomic E-state index is 13.7. The number of hydrogen-bond acceptors (Lipinski definition) is 3. The average Bonchev–Trinajstić information content (AvgIpc) is 2.77. The lowest BCUT2D eigenvalue weighted by Gasteiger charge is -2.32. The minimum atomic E-state index is -1.82. The molecule has 0 fully saturated rings. The third kappa shape index (κ3) is 5.69. The molecule has 4 nitrogen and oxygen atoms in total.